The zero-order valence-corrected chi connectivity index (χ0v) is 10.7. The van der Waals surface area contributed by atoms with Crippen LogP contribution in [0.3, 0.4) is 0 Å². The van der Waals surface area contributed by atoms with Crippen LogP contribution >= 0.6 is 0 Å². The van der Waals surface area contributed by atoms with Crippen molar-refractivity contribution in [2.24, 2.45) is 29.6 Å². The van der Waals surface area contributed by atoms with Gasteiger partial charge in [-0.25, -0.2) is 0 Å². The van der Waals surface area contributed by atoms with Gasteiger partial charge in [0.15, 0.2) is 0 Å². The van der Waals surface area contributed by atoms with Crippen molar-refractivity contribution in [3.63, 3.8) is 0 Å². The first-order valence-corrected chi connectivity index (χ1v) is 7.68. The number of rotatable bonds is 1. The average Bonchev–Trinajstić information content (AvgIpc) is 2.27. The van der Waals surface area contributed by atoms with Crippen molar-refractivity contribution in [1.82, 2.24) is 5.32 Å². The zero-order chi connectivity index (χ0) is 11.5. The Kier molecular flexibility index (Phi) is 2.36. The molecular formula is C15H25NO. The van der Waals surface area contributed by atoms with Gasteiger partial charge in [0.1, 0.15) is 0 Å². The summed E-state index contributed by atoms with van der Waals surface area (Å²) in [5.74, 6) is 4.44. The summed E-state index contributed by atoms with van der Waals surface area (Å²) in [5.41, 5.74) is -0.312. The highest BCUT2D eigenvalue weighted by Gasteiger charge is 2.55. The van der Waals surface area contributed by atoms with E-state index >= 15 is 0 Å². The third kappa shape index (κ3) is 1.60. The molecule has 17 heavy (non-hydrogen) atoms. The lowest BCUT2D eigenvalue weighted by Crippen LogP contribution is -2.58. The van der Waals surface area contributed by atoms with Crippen LogP contribution in [0.25, 0.3) is 0 Å². The first kappa shape index (κ1) is 10.8. The maximum absolute atomic E-state index is 11.1. The minimum absolute atomic E-state index is 0.312. The van der Waals surface area contributed by atoms with Crippen LogP contribution in [0.5, 0.6) is 0 Å². The molecule has 96 valence electrons. The fourth-order valence-electron chi connectivity index (χ4n) is 6.00. The maximum Gasteiger partial charge on any atom is 0.0705 e. The molecule has 0 spiro atoms. The first-order chi connectivity index (χ1) is 8.24. The van der Waals surface area contributed by atoms with Crippen molar-refractivity contribution in [3.8, 4) is 0 Å². The lowest BCUT2D eigenvalue weighted by Gasteiger charge is -2.59. The van der Waals surface area contributed by atoms with Crippen LogP contribution in [-0.4, -0.2) is 23.8 Å². The molecule has 5 fully saturated rings. The van der Waals surface area contributed by atoms with Gasteiger partial charge in [-0.3, -0.25) is 0 Å². The lowest BCUT2D eigenvalue weighted by molar-refractivity contribution is -0.153. The smallest absolute Gasteiger partial charge is 0.0705 e. The fourth-order valence-corrected chi connectivity index (χ4v) is 6.00. The van der Waals surface area contributed by atoms with Gasteiger partial charge in [-0.15, -0.1) is 0 Å². The Morgan fingerprint density at radius 1 is 0.824 bits per heavy atom. The van der Waals surface area contributed by atoms with Gasteiger partial charge in [-0.1, -0.05) is 0 Å². The van der Waals surface area contributed by atoms with Crippen LogP contribution in [0.1, 0.15) is 44.9 Å². The molecule has 1 heterocycles. The van der Waals surface area contributed by atoms with Crippen LogP contribution < -0.4 is 5.32 Å². The molecule has 0 aromatic heterocycles. The van der Waals surface area contributed by atoms with E-state index in [0.29, 0.717) is 5.92 Å². The molecule has 0 amide bonds. The predicted molar refractivity (Wildman–Crippen MR) is 67.6 cm³/mol. The molecule has 0 aromatic rings. The summed E-state index contributed by atoms with van der Waals surface area (Å²) in [6.45, 7) is 2.05. The fraction of sp³-hybridized carbons (Fsp3) is 1.00. The first-order valence-electron chi connectivity index (χ1n) is 7.68. The molecule has 4 aliphatic carbocycles. The Balaban J connectivity index is 1.61. The summed E-state index contributed by atoms with van der Waals surface area (Å²) in [5, 5.41) is 14.5. The summed E-state index contributed by atoms with van der Waals surface area (Å²) in [4.78, 5) is 0. The second-order valence-corrected chi connectivity index (χ2v) is 7.31. The van der Waals surface area contributed by atoms with Crippen molar-refractivity contribution in [1.29, 1.82) is 0 Å². The molecular weight excluding hydrogens is 210 g/mol. The molecule has 4 saturated carbocycles. The van der Waals surface area contributed by atoms with E-state index in [0.717, 1.165) is 49.6 Å². The third-order valence-corrected chi connectivity index (χ3v) is 6.32. The lowest BCUT2D eigenvalue weighted by atomic mass is 9.48. The van der Waals surface area contributed by atoms with Gasteiger partial charge < -0.3 is 10.4 Å². The van der Waals surface area contributed by atoms with Crippen molar-refractivity contribution in [2.45, 2.75) is 50.5 Å². The largest absolute Gasteiger partial charge is 0.389 e. The second kappa shape index (κ2) is 3.71. The average molecular weight is 235 g/mol. The molecule has 0 atom stereocenters. The second-order valence-electron chi connectivity index (χ2n) is 7.31. The van der Waals surface area contributed by atoms with Gasteiger partial charge >= 0.3 is 0 Å². The summed E-state index contributed by atoms with van der Waals surface area (Å²) in [7, 11) is 0. The van der Waals surface area contributed by atoms with Crippen LogP contribution in [0.15, 0.2) is 0 Å². The van der Waals surface area contributed by atoms with E-state index < -0.39 is 0 Å². The van der Waals surface area contributed by atoms with Crippen LogP contribution in [0, 0.1) is 29.6 Å². The SMILES string of the molecule is OC1(C2C3CC4CC(C3)CC2C4)CCNCC1. The van der Waals surface area contributed by atoms with Crippen molar-refractivity contribution in [3.05, 3.63) is 0 Å². The molecule has 2 heteroatoms. The van der Waals surface area contributed by atoms with Gasteiger partial charge in [0.05, 0.1) is 5.60 Å². The van der Waals surface area contributed by atoms with E-state index in [4.69, 9.17) is 0 Å². The maximum atomic E-state index is 11.1. The highest BCUT2D eigenvalue weighted by Crippen LogP contribution is 2.60. The Morgan fingerprint density at radius 3 is 1.88 bits per heavy atom. The van der Waals surface area contributed by atoms with Crippen molar-refractivity contribution >= 4 is 0 Å². The standard InChI is InChI=1S/C15H25NO/c17-15(1-3-16-4-2-15)14-12-6-10-5-11(8-12)9-13(14)7-10/h10-14,16-17H,1-9H2. The monoisotopic (exact) mass is 235 g/mol. The molecule has 0 aromatic carbocycles. The highest BCUT2D eigenvalue weighted by atomic mass is 16.3. The summed E-state index contributed by atoms with van der Waals surface area (Å²) in [6, 6.07) is 0. The molecule has 0 radical (unpaired) electrons. The van der Waals surface area contributed by atoms with E-state index in [1.807, 2.05) is 0 Å². The molecule has 2 N–H and O–H groups in total. The normalized spacial score (nSPS) is 51.7. The third-order valence-electron chi connectivity index (χ3n) is 6.32. The van der Waals surface area contributed by atoms with Crippen LogP contribution in [0.4, 0.5) is 0 Å². The van der Waals surface area contributed by atoms with Gasteiger partial charge in [-0.05, 0) is 87.6 Å². The molecule has 2 nitrogen and oxygen atoms in total. The Bertz CT molecular complexity index is 280. The minimum atomic E-state index is -0.312. The predicted octanol–water partition coefficient (Wildman–Crippen LogP) is 2.17. The molecule has 1 saturated heterocycles. The van der Waals surface area contributed by atoms with Crippen LogP contribution in [0.2, 0.25) is 0 Å². The Labute approximate surface area is 104 Å². The topological polar surface area (TPSA) is 32.3 Å². The van der Waals surface area contributed by atoms with E-state index in [9.17, 15) is 5.11 Å². The molecule has 4 bridgehead atoms. The van der Waals surface area contributed by atoms with Gasteiger partial charge in [-0.2, -0.15) is 0 Å². The quantitative estimate of drug-likeness (QED) is 0.730. The summed E-state index contributed by atoms with van der Waals surface area (Å²) < 4.78 is 0. The molecule has 5 rings (SSSR count). The van der Waals surface area contributed by atoms with Gasteiger partial charge in [0.25, 0.3) is 0 Å². The number of nitrogens with one attached hydrogen (secondary N) is 1. The zero-order valence-electron chi connectivity index (χ0n) is 10.7. The molecule has 1 aliphatic heterocycles. The Morgan fingerprint density at radius 2 is 1.35 bits per heavy atom. The van der Waals surface area contributed by atoms with Crippen molar-refractivity contribution in [2.75, 3.05) is 13.1 Å². The number of hydrogen-bond acceptors (Lipinski definition) is 2. The Hall–Kier alpha value is -0.0800. The van der Waals surface area contributed by atoms with E-state index in [-0.39, 0.29) is 5.60 Å². The highest BCUT2D eigenvalue weighted by molar-refractivity contribution is 5.05. The summed E-state index contributed by atoms with van der Waals surface area (Å²) >= 11 is 0. The van der Waals surface area contributed by atoms with Crippen molar-refractivity contribution < 1.29 is 5.11 Å². The van der Waals surface area contributed by atoms with E-state index in [1.54, 1.807) is 0 Å². The van der Waals surface area contributed by atoms with Gasteiger partial charge in [0.2, 0.25) is 0 Å². The van der Waals surface area contributed by atoms with Crippen LogP contribution in [-0.2, 0) is 0 Å². The minimum Gasteiger partial charge on any atom is -0.389 e. The molecule has 0 unspecified atom stereocenters. The number of hydrogen-bond donors (Lipinski definition) is 2. The van der Waals surface area contributed by atoms with E-state index in [1.165, 1.54) is 32.1 Å². The molecule has 5 aliphatic rings. The summed E-state index contributed by atoms with van der Waals surface area (Å²) in [6.07, 6.45) is 9.27. The number of piperidine rings is 1. The number of aliphatic hydroxyl groups is 1. The van der Waals surface area contributed by atoms with Gasteiger partial charge in [0, 0.05) is 0 Å². The van der Waals surface area contributed by atoms with E-state index in [2.05, 4.69) is 5.32 Å².